The van der Waals surface area contributed by atoms with Gasteiger partial charge in [-0.1, -0.05) is 30.3 Å². The predicted octanol–water partition coefficient (Wildman–Crippen LogP) is 4.59. The zero-order valence-electron chi connectivity index (χ0n) is 20.5. The van der Waals surface area contributed by atoms with E-state index < -0.39 is 64.1 Å². The van der Waals surface area contributed by atoms with Crippen LogP contribution in [0.5, 0.6) is 5.75 Å². The van der Waals surface area contributed by atoms with Crippen molar-refractivity contribution in [2.75, 3.05) is 12.3 Å². The Kier molecular flexibility index (Phi) is 6.70. The number of hydrogen-bond acceptors (Lipinski definition) is 4. The molecule has 0 unspecified atom stereocenters. The molecule has 206 valence electrons. The highest BCUT2D eigenvalue weighted by Crippen LogP contribution is 2.65. The van der Waals surface area contributed by atoms with Crippen LogP contribution in [0.15, 0.2) is 42.5 Å². The highest BCUT2D eigenvalue weighted by molar-refractivity contribution is 7.89. The first-order valence-corrected chi connectivity index (χ1v) is 14.0. The van der Waals surface area contributed by atoms with Crippen molar-refractivity contribution >= 4 is 15.9 Å². The van der Waals surface area contributed by atoms with Gasteiger partial charge in [0.1, 0.15) is 17.6 Å². The van der Waals surface area contributed by atoms with Crippen LogP contribution in [0.25, 0.3) is 11.1 Å². The van der Waals surface area contributed by atoms with E-state index >= 15 is 13.2 Å². The molecule has 1 saturated heterocycles. The van der Waals surface area contributed by atoms with Gasteiger partial charge in [0.15, 0.2) is 0 Å². The number of nitrogens with one attached hydrogen (secondary N) is 1. The number of hydrogen-bond donors (Lipinski definition) is 1. The number of ether oxygens (including phenoxy) is 1. The molecule has 2 atom stereocenters. The maximum absolute atomic E-state index is 15.8. The van der Waals surface area contributed by atoms with Crippen LogP contribution in [0, 0.1) is 17.2 Å². The van der Waals surface area contributed by atoms with E-state index in [9.17, 15) is 22.0 Å². The van der Waals surface area contributed by atoms with Gasteiger partial charge in [0.05, 0.1) is 23.8 Å². The second-order valence-corrected chi connectivity index (χ2v) is 12.5. The fourth-order valence-corrected chi connectivity index (χ4v) is 6.75. The molecular weight excluding hydrogens is 531 g/mol. The summed E-state index contributed by atoms with van der Waals surface area (Å²) in [6, 6.07) is 6.43. The summed E-state index contributed by atoms with van der Waals surface area (Å²) < 4.78 is 103. The minimum Gasteiger partial charge on any atom is -0.435 e. The molecule has 1 amide bonds. The number of halogens is 5. The van der Waals surface area contributed by atoms with E-state index in [0.29, 0.717) is 25.2 Å². The lowest BCUT2D eigenvalue weighted by Crippen LogP contribution is -2.62. The van der Waals surface area contributed by atoms with Gasteiger partial charge in [-0.3, -0.25) is 4.79 Å². The molecule has 4 fully saturated rings. The number of sulfonamides is 1. The van der Waals surface area contributed by atoms with Gasteiger partial charge in [0, 0.05) is 5.56 Å². The molecule has 12 heteroatoms. The maximum atomic E-state index is 15.8. The minimum atomic E-state index is -4.08. The van der Waals surface area contributed by atoms with Gasteiger partial charge in [-0.15, -0.1) is 0 Å². The molecule has 38 heavy (non-hydrogen) atoms. The van der Waals surface area contributed by atoms with E-state index in [4.69, 9.17) is 0 Å². The Morgan fingerprint density at radius 2 is 1.84 bits per heavy atom. The van der Waals surface area contributed by atoms with Crippen LogP contribution >= 0.6 is 0 Å². The Bertz CT molecular complexity index is 1340. The molecule has 6 rings (SSSR count). The lowest BCUT2D eigenvalue weighted by molar-refractivity contribution is -0.178. The van der Waals surface area contributed by atoms with Crippen molar-refractivity contribution in [2.45, 2.75) is 57.2 Å². The van der Waals surface area contributed by atoms with Crippen LogP contribution in [-0.2, 0) is 21.2 Å². The van der Waals surface area contributed by atoms with Gasteiger partial charge >= 0.3 is 6.61 Å². The number of likely N-dealkylation sites (tertiary alicyclic amines) is 1. The second kappa shape index (κ2) is 9.48. The summed E-state index contributed by atoms with van der Waals surface area (Å²) >= 11 is 0. The molecule has 0 radical (unpaired) electrons. The fourth-order valence-electron chi connectivity index (χ4n) is 5.87. The van der Waals surface area contributed by atoms with Crippen molar-refractivity contribution in [1.82, 2.24) is 9.62 Å². The first-order chi connectivity index (χ1) is 17.8. The van der Waals surface area contributed by atoms with Crippen LogP contribution < -0.4 is 9.46 Å². The molecule has 1 aliphatic heterocycles. The molecule has 0 spiro atoms. The Morgan fingerprint density at radius 1 is 1.16 bits per heavy atom. The Balaban J connectivity index is 1.49. The summed E-state index contributed by atoms with van der Waals surface area (Å²) in [4.78, 5) is 14.4. The molecule has 3 saturated carbocycles. The number of carbonyl (C=O) groups excluding carboxylic acids is 1. The Morgan fingerprint density at radius 3 is 2.45 bits per heavy atom. The first-order valence-electron chi connectivity index (χ1n) is 12.4. The standard InChI is InChI=1S/C26H27F5N2O4S/c1-2-38(35,36)32-22-20(33(14-26(22,30)31)23(34)25-11-15(12-25)13-25)10-17-6-4-8-19(21(17)27)16-5-3-7-18(9-16)37-24(28)29/h3-9,15,20,22,24,32H,2,10-14H2,1H3/t15?,20-,22+,25?/m0/s1. The number of rotatable bonds is 9. The first kappa shape index (κ1) is 26.9. The van der Waals surface area contributed by atoms with Crippen molar-refractivity contribution in [1.29, 1.82) is 0 Å². The molecule has 2 bridgehead atoms. The van der Waals surface area contributed by atoms with E-state index in [2.05, 4.69) is 9.46 Å². The molecule has 2 aromatic rings. The van der Waals surface area contributed by atoms with E-state index in [1.807, 2.05) is 0 Å². The van der Waals surface area contributed by atoms with Gasteiger partial charge in [-0.05, 0) is 61.8 Å². The van der Waals surface area contributed by atoms with Crippen LogP contribution in [-0.4, -0.2) is 56.1 Å². The zero-order valence-corrected chi connectivity index (χ0v) is 21.3. The molecule has 1 heterocycles. The smallest absolute Gasteiger partial charge is 0.387 e. The van der Waals surface area contributed by atoms with E-state index in [1.54, 1.807) is 0 Å². The van der Waals surface area contributed by atoms with Crippen molar-refractivity contribution in [2.24, 2.45) is 11.3 Å². The molecular formula is C26H27F5N2O4S. The maximum Gasteiger partial charge on any atom is 0.387 e. The largest absolute Gasteiger partial charge is 0.435 e. The molecule has 2 aromatic carbocycles. The van der Waals surface area contributed by atoms with E-state index in [0.717, 1.165) is 4.90 Å². The Hall–Kier alpha value is -2.73. The normalized spacial score (nSPS) is 27.7. The minimum absolute atomic E-state index is 0.0125. The number of amides is 1. The van der Waals surface area contributed by atoms with Gasteiger partial charge in [-0.2, -0.15) is 8.78 Å². The van der Waals surface area contributed by atoms with Crippen LogP contribution in [0.4, 0.5) is 22.0 Å². The highest BCUT2D eigenvalue weighted by Gasteiger charge is 2.66. The van der Waals surface area contributed by atoms with Crippen LogP contribution in [0.1, 0.15) is 31.7 Å². The van der Waals surface area contributed by atoms with E-state index in [1.165, 1.54) is 49.4 Å². The average molecular weight is 559 g/mol. The molecule has 3 aliphatic carbocycles. The molecule has 4 aliphatic rings. The fraction of sp³-hybridized carbons (Fsp3) is 0.500. The van der Waals surface area contributed by atoms with Crippen molar-refractivity contribution < 1.29 is 39.9 Å². The number of benzene rings is 2. The second-order valence-electron chi connectivity index (χ2n) is 10.4. The van der Waals surface area contributed by atoms with Crippen LogP contribution in [0.2, 0.25) is 0 Å². The van der Waals surface area contributed by atoms with Gasteiger partial charge < -0.3 is 9.64 Å². The summed E-state index contributed by atoms with van der Waals surface area (Å²) in [6.45, 7) is -2.72. The molecule has 1 N–H and O–H groups in total. The zero-order chi connectivity index (χ0) is 27.5. The van der Waals surface area contributed by atoms with Crippen molar-refractivity contribution in [3.63, 3.8) is 0 Å². The quantitative estimate of drug-likeness (QED) is 0.457. The number of alkyl halides is 4. The number of nitrogens with zero attached hydrogens (tertiary/aromatic N) is 1. The lowest BCUT2D eigenvalue weighted by atomic mass is 9.44. The van der Waals surface area contributed by atoms with Crippen molar-refractivity contribution in [3.8, 4) is 16.9 Å². The SMILES string of the molecule is CCS(=O)(=O)N[C@@H]1[C@H](Cc2cccc(-c3cccc(OC(F)F)c3)c2F)N(C(=O)C23CC(C2)C3)CC1(F)F. The van der Waals surface area contributed by atoms with Gasteiger partial charge in [0.2, 0.25) is 15.9 Å². The van der Waals surface area contributed by atoms with Gasteiger partial charge in [-0.25, -0.2) is 26.3 Å². The molecule has 6 nitrogen and oxygen atoms in total. The predicted molar refractivity (Wildman–Crippen MR) is 129 cm³/mol. The number of carbonyl (C=O) groups is 1. The third-order valence-electron chi connectivity index (χ3n) is 7.94. The molecule has 0 aromatic heterocycles. The van der Waals surface area contributed by atoms with Crippen LogP contribution in [0.3, 0.4) is 0 Å². The van der Waals surface area contributed by atoms with E-state index in [-0.39, 0.29) is 28.9 Å². The monoisotopic (exact) mass is 558 g/mol. The highest BCUT2D eigenvalue weighted by atomic mass is 32.2. The third kappa shape index (κ3) is 4.76. The summed E-state index contributed by atoms with van der Waals surface area (Å²) in [6.07, 6.45) is 1.48. The summed E-state index contributed by atoms with van der Waals surface area (Å²) in [5.74, 6) is -5.01. The summed E-state index contributed by atoms with van der Waals surface area (Å²) in [5, 5.41) is 0. The summed E-state index contributed by atoms with van der Waals surface area (Å²) in [5.41, 5.74) is -0.455. The lowest BCUT2D eigenvalue weighted by Gasteiger charge is -2.61. The van der Waals surface area contributed by atoms with Gasteiger partial charge in [0.25, 0.3) is 5.92 Å². The Labute approximate surface area is 217 Å². The van der Waals surface area contributed by atoms with Crippen molar-refractivity contribution in [3.05, 3.63) is 53.8 Å². The summed E-state index contributed by atoms with van der Waals surface area (Å²) in [7, 11) is -4.08. The third-order valence-corrected chi connectivity index (χ3v) is 9.31. The average Bonchev–Trinajstić information content (AvgIpc) is 3.02. The topological polar surface area (TPSA) is 75.7 Å².